The van der Waals surface area contributed by atoms with Crippen LogP contribution < -0.4 is 11.2 Å². The maximum absolute atomic E-state index is 9.42. The highest BCUT2D eigenvalue weighted by atomic mass is 16.5. The lowest BCUT2D eigenvalue weighted by Crippen LogP contribution is -2.11. The minimum absolute atomic E-state index is 0.162. The summed E-state index contributed by atoms with van der Waals surface area (Å²) in [6.45, 7) is 1.68. The molecule has 0 amide bonds. The Kier molecular flexibility index (Phi) is 2.24. The highest BCUT2D eigenvalue weighted by molar-refractivity contribution is 4.90. The number of rotatable bonds is 1. The Bertz CT molecular complexity index is 59.8. The van der Waals surface area contributed by atoms with Crippen LogP contribution in [0.3, 0.4) is 0 Å². The molecule has 0 saturated heterocycles. The molecule has 0 saturated carbocycles. The minimum atomic E-state index is 0.162. The van der Waals surface area contributed by atoms with Crippen LogP contribution in [0.5, 0.6) is 0 Å². The van der Waals surface area contributed by atoms with Crippen LogP contribution in [-0.2, 0) is 0 Å². The fourth-order valence-electron chi connectivity index (χ4n) is 0.0589. The molecule has 0 rings (SSSR count). The summed E-state index contributed by atoms with van der Waals surface area (Å²) >= 11 is 0. The molecule has 0 aliphatic rings. The smallest absolute Gasteiger partial charge is 0.0807 e. The van der Waals surface area contributed by atoms with E-state index in [-0.39, 0.29) is 5.82 Å². The number of nitrogens with one attached hydrogen (secondary N) is 1. The minimum Gasteiger partial charge on any atom is -0.760 e. The first-order chi connectivity index (χ1) is 2.81. The van der Waals surface area contributed by atoms with Crippen molar-refractivity contribution in [2.24, 2.45) is 5.73 Å². The first-order valence-electron chi connectivity index (χ1n) is 1.61. The van der Waals surface area contributed by atoms with E-state index in [0.29, 0.717) is 0 Å². The zero-order valence-corrected chi connectivity index (χ0v) is 3.56. The molecule has 36 valence electrons. The molecule has 0 spiro atoms. The maximum Gasteiger partial charge on any atom is 0.0807 e. The number of hydroxylamine groups is 1. The van der Waals surface area contributed by atoms with Gasteiger partial charge in [0.05, 0.1) is 5.82 Å². The van der Waals surface area contributed by atoms with E-state index in [0.717, 1.165) is 0 Å². The van der Waals surface area contributed by atoms with Gasteiger partial charge in [0.1, 0.15) is 0 Å². The highest BCUT2D eigenvalue weighted by Crippen LogP contribution is 1.67. The van der Waals surface area contributed by atoms with E-state index in [4.69, 9.17) is 5.73 Å². The summed E-state index contributed by atoms with van der Waals surface area (Å²) in [6.07, 6.45) is 1.49. The van der Waals surface area contributed by atoms with Crippen LogP contribution >= 0.6 is 0 Å². The number of nitrogens with two attached hydrogens (primary N) is 1. The Hall–Kier alpha value is -0.700. The molecule has 3 heteroatoms. The molecule has 6 heavy (non-hydrogen) atoms. The zero-order chi connectivity index (χ0) is 4.99. The lowest BCUT2D eigenvalue weighted by Gasteiger charge is -2.05. The molecule has 0 aromatic rings. The highest BCUT2D eigenvalue weighted by Gasteiger charge is 1.64. The molecule has 0 radical (unpaired) electrons. The molecule has 0 aliphatic heterocycles. The van der Waals surface area contributed by atoms with Crippen molar-refractivity contribution < 1.29 is 0 Å². The summed E-state index contributed by atoms with van der Waals surface area (Å²) in [6, 6.07) is 0. The van der Waals surface area contributed by atoms with Crippen LogP contribution in [0.25, 0.3) is 0 Å². The van der Waals surface area contributed by atoms with Gasteiger partial charge in [0.2, 0.25) is 0 Å². The van der Waals surface area contributed by atoms with Crippen molar-refractivity contribution >= 4 is 0 Å². The van der Waals surface area contributed by atoms with Crippen molar-refractivity contribution in [3.63, 3.8) is 0 Å². The van der Waals surface area contributed by atoms with Gasteiger partial charge in [0.15, 0.2) is 0 Å². The molecule has 0 aromatic carbocycles. The predicted molar refractivity (Wildman–Crippen MR) is 24.4 cm³/mol. The summed E-state index contributed by atoms with van der Waals surface area (Å²) in [5, 5.41) is 9.42. The van der Waals surface area contributed by atoms with Crippen molar-refractivity contribution in [3.05, 3.63) is 17.1 Å². The third-order valence-corrected chi connectivity index (χ3v) is 0.429. The molecule has 0 fully saturated rings. The summed E-state index contributed by atoms with van der Waals surface area (Å²) in [4.78, 5) is 0. The first kappa shape index (κ1) is 5.30. The maximum atomic E-state index is 9.42. The lowest BCUT2D eigenvalue weighted by atomic mass is 10.6. The molecule has 0 bridgehead atoms. The van der Waals surface area contributed by atoms with Gasteiger partial charge in [-0.25, -0.2) is 0 Å². The van der Waals surface area contributed by atoms with E-state index in [9.17, 15) is 5.21 Å². The first-order valence-corrected chi connectivity index (χ1v) is 1.61. The Balaban J connectivity index is 3.22. The van der Waals surface area contributed by atoms with Crippen molar-refractivity contribution in [2.75, 3.05) is 0 Å². The van der Waals surface area contributed by atoms with Gasteiger partial charge in [-0.05, 0) is 13.0 Å². The van der Waals surface area contributed by atoms with Crippen molar-refractivity contribution in [3.8, 4) is 0 Å². The summed E-state index contributed by atoms with van der Waals surface area (Å²) in [5.41, 5.74) is 6.41. The van der Waals surface area contributed by atoms with E-state index >= 15 is 0 Å². The van der Waals surface area contributed by atoms with Gasteiger partial charge in [-0.3, -0.25) is 0 Å². The summed E-state index contributed by atoms with van der Waals surface area (Å²) in [5.74, 6) is 0.162. The van der Waals surface area contributed by atoms with E-state index in [1.165, 1.54) is 11.6 Å². The van der Waals surface area contributed by atoms with Crippen molar-refractivity contribution in [1.82, 2.24) is 5.48 Å². The van der Waals surface area contributed by atoms with Gasteiger partial charge in [-0.2, -0.15) is 0 Å². The van der Waals surface area contributed by atoms with E-state index in [1.807, 2.05) is 0 Å². The van der Waals surface area contributed by atoms with Gasteiger partial charge in [0.25, 0.3) is 0 Å². The average molecular weight is 87.1 g/mol. The normalized spacial score (nSPS) is 11.3. The monoisotopic (exact) mass is 87.1 g/mol. The molecule has 0 unspecified atom stereocenters. The van der Waals surface area contributed by atoms with Crippen LogP contribution in [0.1, 0.15) is 6.92 Å². The van der Waals surface area contributed by atoms with E-state index < -0.39 is 0 Å². The molecular formula is C3H7N2O-. The van der Waals surface area contributed by atoms with Gasteiger partial charge in [-0.1, -0.05) is 0 Å². The molecule has 0 aromatic heterocycles. The average Bonchev–Trinajstić information content (AvgIpc) is 1.65. The fraction of sp³-hybridized carbons (Fsp3) is 0.333. The van der Waals surface area contributed by atoms with Crippen molar-refractivity contribution in [1.29, 1.82) is 0 Å². The van der Waals surface area contributed by atoms with Crippen LogP contribution in [0.15, 0.2) is 11.9 Å². The molecule has 0 aliphatic carbocycles. The Morgan fingerprint density at radius 2 is 2.50 bits per heavy atom. The molecule has 0 heterocycles. The van der Waals surface area contributed by atoms with Gasteiger partial charge in [0, 0.05) is 0 Å². The van der Waals surface area contributed by atoms with Gasteiger partial charge in [-0.15, -0.1) is 0 Å². The number of hydrogen-bond donors (Lipinski definition) is 2. The Morgan fingerprint density at radius 3 is 2.50 bits per heavy atom. The van der Waals surface area contributed by atoms with Gasteiger partial charge < -0.3 is 16.4 Å². The summed E-state index contributed by atoms with van der Waals surface area (Å²) < 4.78 is 0. The third-order valence-electron chi connectivity index (χ3n) is 0.429. The Labute approximate surface area is 36.4 Å². The number of hydrogen-bond acceptors (Lipinski definition) is 3. The molecule has 3 N–H and O–H groups in total. The van der Waals surface area contributed by atoms with Crippen LogP contribution in [0.4, 0.5) is 0 Å². The molecule has 0 atom stereocenters. The molecule has 3 nitrogen and oxygen atoms in total. The van der Waals surface area contributed by atoms with Gasteiger partial charge >= 0.3 is 0 Å². The molecular weight excluding hydrogens is 80.0 g/mol. The van der Waals surface area contributed by atoms with E-state index in [2.05, 4.69) is 0 Å². The SMILES string of the molecule is CC=C(N)N[O-]. The topological polar surface area (TPSA) is 61.1 Å². The van der Waals surface area contributed by atoms with Crippen molar-refractivity contribution in [2.45, 2.75) is 6.92 Å². The third kappa shape index (κ3) is 1.60. The second-order valence-electron chi connectivity index (χ2n) is 0.846. The zero-order valence-electron chi connectivity index (χ0n) is 3.56. The standard InChI is InChI=1S/C3H7N2O/c1-2-3(4)5-6/h2,5H,4H2,1H3/q-1. The number of allylic oxidation sites excluding steroid dienone is 1. The Morgan fingerprint density at radius 1 is 2.00 bits per heavy atom. The summed E-state index contributed by atoms with van der Waals surface area (Å²) in [7, 11) is 0. The van der Waals surface area contributed by atoms with E-state index in [1.54, 1.807) is 6.92 Å². The van der Waals surface area contributed by atoms with Crippen LogP contribution in [-0.4, -0.2) is 0 Å². The van der Waals surface area contributed by atoms with Crippen LogP contribution in [0.2, 0.25) is 0 Å². The quantitative estimate of drug-likeness (QED) is 0.439. The largest absolute Gasteiger partial charge is 0.760 e. The second kappa shape index (κ2) is 2.53. The van der Waals surface area contributed by atoms with Crippen LogP contribution in [0, 0.1) is 5.21 Å². The lowest BCUT2D eigenvalue weighted by molar-refractivity contribution is 1.03. The predicted octanol–water partition coefficient (Wildman–Crippen LogP) is -0.106. The second-order valence-corrected chi connectivity index (χ2v) is 0.846. The fourth-order valence-corrected chi connectivity index (χ4v) is 0.0589.